The maximum Gasteiger partial charge on any atom is 0.306 e. The molecule has 10 heteroatoms. The lowest BCUT2D eigenvalue weighted by Crippen LogP contribution is -2.28. The minimum atomic E-state index is -0.404. The van der Waals surface area contributed by atoms with Gasteiger partial charge in [0.25, 0.3) is 0 Å². The number of rotatable bonds is 42. The summed E-state index contributed by atoms with van der Waals surface area (Å²) in [5.74, 6) is 5.04. The third kappa shape index (κ3) is 28.6. The van der Waals surface area contributed by atoms with Gasteiger partial charge < -0.3 is 29.2 Å². The predicted molar refractivity (Wildman–Crippen MR) is 382 cm³/mol. The van der Waals surface area contributed by atoms with E-state index in [9.17, 15) is 19.8 Å². The SMILES string of the molecule is CCCCCCCCCCCCSCC(COc1ccc(C(C)(C)c2ccc(OCC(CSCCCCCCCCCCCC)OC(=O)CCc3cc(C(C)(C)C)c(O)c(C(C)(C)C)c3)cc2)cc1)OC(=O)CCc1cc(C(C)(C)C)c(O)c(C(C)(C)C)c1. The van der Waals surface area contributed by atoms with Crippen molar-refractivity contribution in [3.05, 3.63) is 117 Å². The first-order valence-electron chi connectivity index (χ1n) is 34.8. The minimum absolute atomic E-state index is 0.241. The lowest BCUT2D eigenvalue weighted by Gasteiger charge is -2.28. The molecule has 0 bridgehead atoms. The predicted octanol–water partition coefficient (Wildman–Crippen LogP) is 21.8. The van der Waals surface area contributed by atoms with Crippen molar-refractivity contribution >= 4 is 35.5 Å². The molecular weight excluding hydrogens is 1140 g/mol. The average Bonchev–Trinajstić information content (AvgIpc) is 0.888. The highest BCUT2D eigenvalue weighted by molar-refractivity contribution is 7.99. The van der Waals surface area contributed by atoms with Crippen LogP contribution in [0.4, 0.5) is 0 Å². The molecule has 4 aromatic carbocycles. The number of aromatic hydroxyl groups is 2. The number of carbonyl (C=O) groups is 2. The highest BCUT2D eigenvalue weighted by atomic mass is 32.2. The second-order valence-corrected chi connectivity index (χ2v) is 32.4. The summed E-state index contributed by atoms with van der Waals surface area (Å²) >= 11 is 3.69. The van der Waals surface area contributed by atoms with Crippen molar-refractivity contribution in [1.82, 2.24) is 0 Å². The second-order valence-electron chi connectivity index (χ2n) is 30.1. The normalized spacial score (nSPS) is 13.1. The van der Waals surface area contributed by atoms with Crippen LogP contribution in [0.25, 0.3) is 0 Å². The summed E-state index contributed by atoms with van der Waals surface area (Å²) in [4.78, 5) is 27.4. The van der Waals surface area contributed by atoms with Crippen LogP contribution in [-0.2, 0) is 59.0 Å². The first-order chi connectivity index (χ1) is 42.0. The van der Waals surface area contributed by atoms with Crippen molar-refractivity contribution in [2.75, 3.05) is 36.2 Å². The molecule has 4 aromatic rings. The maximum absolute atomic E-state index is 13.7. The van der Waals surface area contributed by atoms with Gasteiger partial charge in [0.2, 0.25) is 0 Å². The van der Waals surface area contributed by atoms with Crippen LogP contribution in [0.2, 0.25) is 0 Å². The number of hydrogen-bond donors (Lipinski definition) is 2. The molecule has 500 valence electrons. The molecule has 4 rings (SSSR count). The van der Waals surface area contributed by atoms with Crippen molar-refractivity contribution in [3.63, 3.8) is 0 Å². The summed E-state index contributed by atoms with van der Waals surface area (Å²) in [7, 11) is 0. The Hall–Kier alpha value is -4.28. The van der Waals surface area contributed by atoms with Gasteiger partial charge in [-0.2, -0.15) is 23.5 Å². The van der Waals surface area contributed by atoms with Crippen molar-refractivity contribution in [2.24, 2.45) is 0 Å². The molecule has 0 spiro atoms. The third-order valence-electron chi connectivity index (χ3n) is 17.3. The lowest BCUT2D eigenvalue weighted by atomic mass is 9.78. The van der Waals surface area contributed by atoms with Crippen molar-refractivity contribution in [3.8, 4) is 23.0 Å². The molecule has 0 aliphatic heterocycles. The van der Waals surface area contributed by atoms with E-state index < -0.39 is 12.2 Å². The van der Waals surface area contributed by atoms with E-state index in [1.54, 1.807) is 0 Å². The summed E-state index contributed by atoms with van der Waals surface area (Å²) in [6.07, 6.45) is 26.7. The Morgan fingerprint density at radius 3 is 0.944 bits per heavy atom. The molecule has 0 fully saturated rings. The number of ether oxygens (including phenoxy) is 4. The molecule has 0 amide bonds. The largest absolute Gasteiger partial charge is 0.507 e. The zero-order chi connectivity index (χ0) is 65.7. The molecule has 0 aliphatic carbocycles. The van der Waals surface area contributed by atoms with Gasteiger partial charge in [-0.3, -0.25) is 9.59 Å². The first-order valence-corrected chi connectivity index (χ1v) is 37.1. The van der Waals surface area contributed by atoms with Crippen LogP contribution >= 0.6 is 23.5 Å². The van der Waals surface area contributed by atoms with Crippen LogP contribution in [0.1, 0.15) is 297 Å². The number of esters is 2. The summed E-state index contributed by atoms with van der Waals surface area (Å²) in [6.45, 7) is 34.8. The van der Waals surface area contributed by atoms with E-state index in [2.05, 4.69) is 159 Å². The monoisotopic (exact) mass is 1260 g/mol. The van der Waals surface area contributed by atoms with Crippen LogP contribution in [0, 0.1) is 0 Å². The summed E-state index contributed by atoms with van der Waals surface area (Å²) in [6, 6.07) is 24.8. The van der Waals surface area contributed by atoms with Gasteiger partial charge in [0.05, 0.1) is 0 Å². The van der Waals surface area contributed by atoms with E-state index in [4.69, 9.17) is 18.9 Å². The molecule has 0 aromatic heterocycles. The topological polar surface area (TPSA) is 112 Å². The molecule has 0 aliphatic rings. The van der Waals surface area contributed by atoms with Crippen molar-refractivity contribution in [1.29, 1.82) is 0 Å². The van der Waals surface area contributed by atoms with Gasteiger partial charge in [0, 0.05) is 29.8 Å². The zero-order valence-corrected chi connectivity index (χ0v) is 60.6. The standard InChI is InChI=1S/C79H124O8S2/c1-17-19-21-23-25-27-29-31-33-35-49-88-57-65(86-71(80)47-37-59-51-67(75(3,4)5)73(82)68(52-59)76(6,7)8)55-84-63-43-39-61(40-44-63)79(15,16)62-41-45-64(46-42-62)85-56-66(58-89-50-36-34-32-30-28-26-24-22-20-18-2)87-72(81)48-38-60-53-69(77(9,10)11)74(83)70(54-60)78(12,13)14/h39-46,51-54,65-66,82-83H,17-38,47-50,55-58H2,1-16H3. The number of phenols is 2. The zero-order valence-electron chi connectivity index (χ0n) is 59.0. The Balaban J connectivity index is 1.39. The fourth-order valence-corrected chi connectivity index (χ4v) is 13.5. The van der Waals surface area contributed by atoms with Gasteiger partial charge in [-0.1, -0.05) is 275 Å². The molecule has 2 atom stereocenters. The number of hydrogen-bond acceptors (Lipinski definition) is 10. The van der Waals surface area contributed by atoms with Gasteiger partial charge in [0.15, 0.2) is 0 Å². The third-order valence-corrected chi connectivity index (χ3v) is 19.7. The highest BCUT2D eigenvalue weighted by Gasteiger charge is 2.30. The van der Waals surface area contributed by atoms with E-state index >= 15 is 0 Å². The van der Waals surface area contributed by atoms with E-state index in [1.807, 2.05) is 47.8 Å². The number of aryl methyl sites for hydroxylation is 2. The van der Waals surface area contributed by atoms with Gasteiger partial charge >= 0.3 is 11.9 Å². The number of unbranched alkanes of at least 4 members (excludes halogenated alkanes) is 18. The van der Waals surface area contributed by atoms with Gasteiger partial charge in [-0.05, 0) is 128 Å². The van der Waals surface area contributed by atoms with Crippen LogP contribution in [0.3, 0.4) is 0 Å². The molecule has 0 heterocycles. The number of benzene rings is 4. The molecule has 2 unspecified atom stereocenters. The average molecular weight is 1270 g/mol. The van der Waals surface area contributed by atoms with Gasteiger partial charge in [-0.25, -0.2) is 0 Å². The highest BCUT2D eigenvalue weighted by Crippen LogP contribution is 2.42. The quantitative estimate of drug-likeness (QED) is 0.0329. The van der Waals surface area contributed by atoms with Crippen molar-refractivity contribution < 1.29 is 38.7 Å². The fraction of sp³-hybridized carbons (Fsp3) is 0.671. The Labute approximate surface area is 551 Å². The van der Waals surface area contributed by atoms with E-state index in [-0.39, 0.29) is 65.1 Å². The molecule has 0 radical (unpaired) electrons. The van der Waals surface area contributed by atoms with Gasteiger partial charge in [-0.15, -0.1) is 0 Å². The molecule has 0 saturated carbocycles. The van der Waals surface area contributed by atoms with E-state index in [1.165, 1.54) is 116 Å². The minimum Gasteiger partial charge on any atom is -0.507 e. The smallest absolute Gasteiger partial charge is 0.306 e. The van der Waals surface area contributed by atoms with Crippen LogP contribution in [0.15, 0.2) is 72.8 Å². The van der Waals surface area contributed by atoms with Crippen LogP contribution in [0.5, 0.6) is 23.0 Å². The maximum atomic E-state index is 13.7. The van der Waals surface area contributed by atoms with Crippen LogP contribution in [-0.4, -0.2) is 70.6 Å². The number of phenolic OH excluding ortho intramolecular Hbond substituents is 2. The summed E-state index contributed by atoms with van der Waals surface area (Å²) < 4.78 is 25.3. The molecule has 89 heavy (non-hydrogen) atoms. The Morgan fingerprint density at radius 2 is 0.674 bits per heavy atom. The van der Waals surface area contributed by atoms with Gasteiger partial charge in [0.1, 0.15) is 48.4 Å². The Bertz CT molecular complexity index is 2400. The van der Waals surface area contributed by atoms with E-state index in [0.29, 0.717) is 35.8 Å². The second kappa shape index (κ2) is 38.7. The first kappa shape index (κ1) is 77.2. The molecule has 0 saturated heterocycles. The molecule has 8 nitrogen and oxygen atoms in total. The molecular formula is C79H124O8S2. The number of thioether (sulfide) groups is 2. The van der Waals surface area contributed by atoms with E-state index in [0.717, 1.165) is 80.4 Å². The molecule has 2 N–H and O–H groups in total. The van der Waals surface area contributed by atoms with Crippen molar-refractivity contribution in [2.45, 2.75) is 304 Å². The lowest BCUT2D eigenvalue weighted by molar-refractivity contribution is -0.150. The van der Waals surface area contributed by atoms with Crippen LogP contribution < -0.4 is 9.47 Å². The fourth-order valence-electron chi connectivity index (χ4n) is 11.5. The summed E-state index contributed by atoms with van der Waals surface area (Å²) in [5, 5.41) is 22.6. The Kier molecular flexibility index (Phi) is 33.5. The Morgan fingerprint density at radius 1 is 0.404 bits per heavy atom. The number of carbonyl (C=O) groups excluding carboxylic acids is 2. The summed E-state index contributed by atoms with van der Waals surface area (Å²) in [5.41, 5.74) is 6.55.